The van der Waals surface area contributed by atoms with Crippen molar-refractivity contribution in [1.82, 2.24) is 0 Å². The maximum atomic E-state index is 12.7. The van der Waals surface area contributed by atoms with E-state index in [0.717, 1.165) is 0 Å². The molecule has 0 fully saturated rings. The molecule has 0 spiro atoms. The average Bonchev–Trinajstić information content (AvgIpc) is 2.67. The highest BCUT2D eigenvalue weighted by molar-refractivity contribution is 6.52. The van der Waals surface area contributed by atoms with Gasteiger partial charge in [-0.2, -0.15) is 0 Å². The Hall–Kier alpha value is -3.12. The van der Waals surface area contributed by atoms with Crippen LogP contribution in [0.5, 0.6) is 5.75 Å². The summed E-state index contributed by atoms with van der Waals surface area (Å²) in [6.45, 7) is 0. The van der Waals surface area contributed by atoms with Crippen molar-refractivity contribution >= 4 is 34.9 Å². The monoisotopic (exact) mass is 386 g/mol. The fourth-order valence-electron chi connectivity index (χ4n) is 3.08. The molecule has 0 saturated carbocycles. The molecule has 0 aliphatic heterocycles. The maximum absolute atomic E-state index is 12.7. The molecule has 2 aromatic rings. The highest BCUT2D eigenvalue weighted by Crippen LogP contribution is 2.39. The second-order valence-electron chi connectivity index (χ2n) is 6.01. The minimum absolute atomic E-state index is 0.0115. The summed E-state index contributed by atoms with van der Waals surface area (Å²) in [5.41, 5.74) is 0.497. The van der Waals surface area contributed by atoms with Crippen molar-refractivity contribution in [3.8, 4) is 5.75 Å². The number of aliphatic hydroxyl groups is 1. The van der Waals surface area contributed by atoms with Gasteiger partial charge >= 0.3 is 5.97 Å². The summed E-state index contributed by atoms with van der Waals surface area (Å²) < 4.78 is 4.69. The molecule has 0 amide bonds. The lowest BCUT2D eigenvalue weighted by atomic mass is 9.78. The zero-order valence-corrected chi connectivity index (χ0v) is 15.0. The number of esters is 1. The average molecular weight is 387 g/mol. The zero-order chi connectivity index (χ0) is 19.7. The lowest BCUT2D eigenvalue weighted by molar-refractivity contribution is -0.140. The fraction of sp³-hybridized carbons (Fsp3) is 0.150. The van der Waals surface area contributed by atoms with Gasteiger partial charge in [0.2, 0.25) is 11.6 Å². The molecule has 1 aliphatic carbocycles. The Labute approximate surface area is 159 Å². The first-order valence-electron chi connectivity index (χ1n) is 8.02. The summed E-state index contributed by atoms with van der Waals surface area (Å²) in [4.78, 5) is 37.2. The van der Waals surface area contributed by atoms with Crippen LogP contribution in [0.25, 0.3) is 5.76 Å². The van der Waals surface area contributed by atoms with Gasteiger partial charge in [0, 0.05) is 17.0 Å². The predicted octanol–water partition coefficient (Wildman–Crippen LogP) is 3.43. The third-order valence-corrected chi connectivity index (χ3v) is 4.76. The highest BCUT2D eigenvalue weighted by Gasteiger charge is 2.38. The van der Waals surface area contributed by atoms with Gasteiger partial charge in [0.25, 0.3) is 0 Å². The highest BCUT2D eigenvalue weighted by atomic mass is 35.5. The van der Waals surface area contributed by atoms with Gasteiger partial charge in [-0.15, -0.1) is 0 Å². The first-order chi connectivity index (χ1) is 12.8. The maximum Gasteiger partial charge on any atom is 0.306 e. The molecule has 0 aromatic heterocycles. The molecule has 1 atom stereocenters. The Balaban J connectivity index is 2.22. The zero-order valence-electron chi connectivity index (χ0n) is 14.2. The Kier molecular flexibility index (Phi) is 5.01. The molecule has 0 radical (unpaired) electrons. The molecule has 0 saturated heterocycles. The number of aromatic hydroxyl groups is 1. The minimum Gasteiger partial charge on any atom is -0.507 e. The topological polar surface area (TPSA) is 101 Å². The molecule has 138 valence electrons. The molecule has 3 rings (SSSR count). The number of rotatable bonds is 4. The van der Waals surface area contributed by atoms with Gasteiger partial charge in [0.05, 0.1) is 24.1 Å². The van der Waals surface area contributed by atoms with E-state index >= 15 is 0 Å². The summed E-state index contributed by atoms with van der Waals surface area (Å²) in [6, 6.07) is 10.3. The van der Waals surface area contributed by atoms with Crippen molar-refractivity contribution in [2.24, 2.45) is 0 Å². The minimum atomic E-state index is -0.972. The van der Waals surface area contributed by atoms with Crippen LogP contribution in [-0.4, -0.2) is 34.9 Å². The number of allylic oxidation sites excluding steroid dienone is 1. The van der Waals surface area contributed by atoms with Crippen LogP contribution in [0.1, 0.15) is 33.8 Å². The summed E-state index contributed by atoms with van der Waals surface area (Å²) >= 11 is 5.95. The van der Waals surface area contributed by atoms with Crippen LogP contribution < -0.4 is 0 Å². The molecule has 1 unspecified atom stereocenters. The van der Waals surface area contributed by atoms with Crippen LogP contribution in [0, 0.1) is 0 Å². The van der Waals surface area contributed by atoms with E-state index in [4.69, 9.17) is 16.3 Å². The molecule has 0 bridgehead atoms. The van der Waals surface area contributed by atoms with Crippen LogP contribution in [0.2, 0.25) is 5.02 Å². The number of benzene rings is 2. The molecule has 2 aromatic carbocycles. The van der Waals surface area contributed by atoms with Gasteiger partial charge < -0.3 is 14.9 Å². The van der Waals surface area contributed by atoms with Crippen molar-refractivity contribution in [2.45, 2.75) is 12.3 Å². The van der Waals surface area contributed by atoms with Gasteiger partial charge in [-0.3, -0.25) is 14.4 Å². The van der Waals surface area contributed by atoms with E-state index in [2.05, 4.69) is 0 Å². The molecule has 27 heavy (non-hydrogen) atoms. The number of carbonyl (C=O) groups is 3. The van der Waals surface area contributed by atoms with Crippen LogP contribution in [-0.2, 0) is 14.3 Å². The van der Waals surface area contributed by atoms with Crippen LogP contribution >= 0.6 is 11.6 Å². The Morgan fingerprint density at radius 3 is 2.37 bits per heavy atom. The number of Topliss-reactive ketones (excluding diaryl/α,β-unsaturated/α-hetero) is 2. The molecule has 0 heterocycles. The molecular formula is C20H15ClO6. The van der Waals surface area contributed by atoms with Gasteiger partial charge in [-0.05, 0) is 17.7 Å². The van der Waals surface area contributed by atoms with E-state index in [9.17, 15) is 24.6 Å². The number of phenolic OH excluding ortho intramolecular Hbond substituents is 1. The van der Waals surface area contributed by atoms with Crippen LogP contribution in [0.15, 0.2) is 48.0 Å². The number of hydrogen-bond donors (Lipinski definition) is 2. The number of ketones is 2. The van der Waals surface area contributed by atoms with Crippen molar-refractivity contribution in [3.05, 3.63) is 69.8 Å². The van der Waals surface area contributed by atoms with Crippen LogP contribution in [0.4, 0.5) is 0 Å². The molecule has 6 nitrogen and oxygen atoms in total. The van der Waals surface area contributed by atoms with E-state index in [1.54, 1.807) is 12.1 Å². The third kappa shape index (κ3) is 3.31. The van der Waals surface area contributed by atoms with Gasteiger partial charge in [-0.1, -0.05) is 41.9 Å². The number of ether oxygens (including phenoxy) is 1. The number of halogens is 1. The first-order valence-corrected chi connectivity index (χ1v) is 8.39. The Morgan fingerprint density at radius 1 is 1.07 bits per heavy atom. The molecule has 2 N–H and O–H groups in total. The SMILES string of the molecule is COC(=O)CC(C1=C(O)c2ccccc2C(=O)C1=O)c1ccc(O)c(Cl)c1. The van der Waals surface area contributed by atoms with E-state index in [1.807, 2.05) is 0 Å². The normalized spacial score (nSPS) is 14.7. The van der Waals surface area contributed by atoms with Gasteiger partial charge in [0.1, 0.15) is 11.5 Å². The lowest BCUT2D eigenvalue weighted by Gasteiger charge is -2.24. The second kappa shape index (κ2) is 7.25. The number of methoxy groups -OCH3 is 1. The Morgan fingerprint density at radius 2 is 1.74 bits per heavy atom. The summed E-state index contributed by atoms with van der Waals surface area (Å²) in [7, 11) is 1.20. The second-order valence-corrected chi connectivity index (χ2v) is 6.42. The standard InChI is InChI=1S/C20H15ClO6/c1-27-16(23)9-13(10-6-7-15(22)14(21)8-10)17-18(24)11-4-2-3-5-12(11)19(25)20(17)26/h2-8,13,22,24H,9H2,1H3. The Bertz CT molecular complexity index is 992. The van der Waals surface area contributed by atoms with Crippen molar-refractivity contribution < 1.29 is 29.3 Å². The third-order valence-electron chi connectivity index (χ3n) is 4.45. The number of carbonyl (C=O) groups excluding carboxylic acids is 3. The lowest BCUT2D eigenvalue weighted by Crippen LogP contribution is -2.28. The smallest absolute Gasteiger partial charge is 0.306 e. The molecular weight excluding hydrogens is 372 g/mol. The van der Waals surface area contributed by atoms with E-state index < -0.39 is 23.5 Å². The number of hydrogen-bond acceptors (Lipinski definition) is 6. The summed E-state index contributed by atoms with van der Waals surface area (Å²) in [6.07, 6.45) is -0.293. The predicted molar refractivity (Wildman–Crippen MR) is 97.8 cm³/mol. The van der Waals surface area contributed by atoms with E-state index in [-0.39, 0.29) is 39.7 Å². The number of phenols is 1. The summed E-state index contributed by atoms with van der Waals surface area (Å²) in [5, 5.41) is 20.4. The van der Waals surface area contributed by atoms with E-state index in [1.165, 1.54) is 37.4 Å². The van der Waals surface area contributed by atoms with Gasteiger partial charge in [-0.25, -0.2) is 0 Å². The largest absolute Gasteiger partial charge is 0.507 e. The van der Waals surface area contributed by atoms with Gasteiger partial charge in [0.15, 0.2) is 0 Å². The molecule has 1 aliphatic rings. The quantitative estimate of drug-likeness (QED) is 0.616. The van der Waals surface area contributed by atoms with Crippen LogP contribution in [0.3, 0.4) is 0 Å². The molecule has 7 heteroatoms. The van der Waals surface area contributed by atoms with E-state index in [0.29, 0.717) is 5.56 Å². The van der Waals surface area contributed by atoms with Crippen molar-refractivity contribution in [3.63, 3.8) is 0 Å². The van der Waals surface area contributed by atoms with Crippen molar-refractivity contribution in [1.29, 1.82) is 0 Å². The fourth-order valence-corrected chi connectivity index (χ4v) is 3.27. The summed E-state index contributed by atoms with van der Waals surface area (Å²) in [5.74, 6) is -3.81. The number of aliphatic hydroxyl groups excluding tert-OH is 1. The number of fused-ring (bicyclic) bond motifs is 1. The van der Waals surface area contributed by atoms with Crippen molar-refractivity contribution in [2.75, 3.05) is 7.11 Å². The first kappa shape index (κ1) is 18.7.